The molecule has 0 radical (unpaired) electrons. The number of fused-ring (bicyclic) bond motifs is 1. The van der Waals surface area contributed by atoms with E-state index >= 15 is 0 Å². The van der Waals surface area contributed by atoms with Gasteiger partial charge in [-0.25, -0.2) is 4.98 Å². The Balaban J connectivity index is 1.38. The molecule has 4 rings (SSSR count). The molecule has 148 valence electrons. The Hall–Kier alpha value is -2.29. The molecule has 1 saturated heterocycles. The number of nitrogens with zero attached hydrogens (tertiary/aromatic N) is 5. The smallest absolute Gasteiger partial charge is 0.275 e. The molecule has 0 aliphatic carbocycles. The molecule has 1 aliphatic rings. The molecule has 0 amide bonds. The number of hydrogen-bond donors (Lipinski definition) is 0. The molecular weight excluding hydrogens is 374 g/mol. The molecule has 8 heteroatoms. The van der Waals surface area contributed by atoms with E-state index in [0.29, 0.717) is 4.96 Å². The van der Waals surface area contributed by atoms with Crippen molar-refractivity contribution in [2.45, 2.75) is 26.9 Å². The minimum absolute atomic E-state index is 0.109. The SMILES string of the molecule is COc1ccc(C)cc1CN1CCN(Cc2nn3c(=O)cc(C)nc3s2)CC1. The minimum atomic E-state index is -0.109. The Morgan fingerprint density at radius 1 is 1.07 bits per heavy atom. The standard InChI is InChI=1S/C20H25N5O2S/c1-14-4-5-17(27-3)16(10-14)12-23-6-8-24(9-7-23)13-18-22-25-19(26)11-15(2)21-20(25)28-18/h4-5,10-11H,6-9,12-13H2,1-3H3. The first kappa shape index (κ1) is 19.0. The summed E-state index contributed by atoms with van der Waals surface area (Å²) in [6.07, 6.45) is 0. The summed E-state index contributed by atoms with van der Waals surface area (Å²) in [5.74, 6) is 0.954. The van der Waals surface area contributed by atoms with Crippen LogP contribution in [-0.4, -0.2) is 57.7 Å². The molecule has 2 aromatic heterocycles. The Labute approximate surface area is 168 Å². The van der Waals surface area contributed by atoms with Gasteiger partial charge < -0.3 is 4.74 Å². The lowest BCUT2D eigenvalue weighted by Gasteiger charge is -2.34. The summed E-state index contributed by atoms with van der Waals surface area (Å²) in [4.78, 5) is 22.0. The summed E-state index contributed by atoms with van der Waals surface area (Å²) in [5, 5.41) is 5.39. The first-order chi connectivity index (χ1) is 13.5. The van der Waals surface area contributed by atoms with Crippen molar-refractivity contribution in [2.24, 2.45) is 0 Å². The van der Waals surface area contributed by atoms with Gasteiger partial charge in [-0.1, -0.05) is 29.0 Å². The maximum atomic E-state index is 12.0. The Morgan fingerprint density at radius 2 is 1.79 bits per heavy atom. The topological polar surface area (TPSA) is 63.0 Å². The van der Waals surface area contributed by atoms with Crippen LogP contribution in [0.2, 0.25) is 0 Å². The Morgan fingerprint density at radius 3 is 2.50 bits per heavy atom. The number of hydrogen-bond acceptors (Lipinski definition) is 7. The number of aromatic nitrogens is 3. The summed E-state index contributed by atoms with van der Waals surface area (Å²) >= 11 is 1.50. The zero-order valence-electron chi connectivity index (χ0n) is 16.5. The fraction of sp³-hybridized carbons (Fsp3) is 0.450. The van der Waals surface area contributed by atoms with Gasteiger partial charge >= 0.3 is 0 Å². The average Bonchev–Trinajstić information content (AvgIpc) is 3.06. The first-order valence-electron chi connectivity index (χ1n) is 9.46. The number of piperazine rings is 1. The Kier molecular flexibility index (Phi) is 5.43. The second kappa shape index (κ2) is 7.98. The highest BCUT2D eigenvalue weighted by atomic mass is 32.1. The lowest BCUT2D eigenvalue weighted by Crippen LogP contribution is -2.45. The van der Waals surface area contributed by atoms with E-state index in [1.54, 1.807) is 7.11 Å². The van der Waals surface area contributed by atoms with E-state index < -0.39 is 0 Å². The molecule has 0 atom stereocenters. The predicted molar refractivity (Wildman–Crippen MR) is 110 cm³/mol. The molecule has 1 fully saturated rings. The van der Waals surface area contributed by atoms with Crippen molar-refractivity contribution in [2.75, 3.05) is 33.3 Å². The third-order valence-electron chi connectivity index (χ3n) is 5.07. The molecule has 3 heterocycles. The molecule has 7 nitrogen and oxygen atoms in total. The van der Waals surface area contributed by atoms with Gasteiger partial charge in [-0.2, -0.15) is 9.61 Å². The van der Waals surface area contributed by atoms with Gasteiger partial charge in [0.15, 0.2) is 0 Å². The normalized spacial score (nSPS) is 16.0. The maximum absolute atomic E-state index is 12.0. The van der Waals surface area contributed by atoms with Crippen LogP contribution >= 0.6 is 11.3 Å². The van der Waals surface area contributed by atoms with Gasteiger partial charge in [0.2, 0.25) is 4.96 Å². The molecular formula is C20H25N5O2S. The monoisotopic (exact) mass is 399 g/mol. The van der Waals surface area contributed by atoms with Crippen molar-refractivity contribution in [3.8, 4) is 5.75 Å². The average molecular weight is 400 g/mol. The van der Waals surface area contributed by atoms with Gasteiger partial charge in [0, 0.05) is 50.0 Å². The van der Waals surface area contributed by atoms with Crippen LogP contribution in [-0.2, 0) is 13.1 Å². The molecule has 0 bridgehead atoms. The zero-order valence-corrected chi connectivity index (χ0v) is 17.3. The molecule has 0 spiro atoms. The molecule has 28 heavy (non-hydrogen) atoms. The predicted octanol–water partition coefficient (Wildman–Crippen LogP) is 2.09. The van der Waals surface area contributed by atoms with Crippen molar-refractivity contribution < 1.29 is 4.74 Å². The third kappa shape index (κ3) is 4.09. The fourth-order valence-electron chi connectivity index (χ4n) is 3.59. The number of aryl methyl sites for hydroxylation is 2. The number of methoxy groups -OCH3 is 1. The maximum Gasteiger partial charge on any atom is 0.275 e. The molecule has 0 saturated carbocycles. The van der Waals surface area contributed by atoms with Gasteiger partial charge in [-0.3, -0.25) is 14.6 Å². The van der Waals surface area contributed by atoms with Crippen molar-refractivity contribution >= 4 is 16.3 Å². The van der Waals surface area contributed by atoms with E-state index in [2.05, 4.69) is 38.9 Å². The second-order valence-corrected chi connectivity index (χ2v) is 8.33. The van der Waals surface area contributed by atoms with Crippen molar-refractivity contribution in [1.29, 1.82) is 0 Å². The minimum Gasteiger partial charge on any atom is -0.496 e. The Bertz CT molecular complexity index is 1040. The quantitative estimate of drug-likeness (QED) is 0.655. The first-order valence-corrected chi connectivity index (χ1v) is 10.3. The van der Waals surface area contributed by atoms with Gasteiger partial charge in [0.25, 0.3) is 5.56 Å². The molecule has 1 aliphatic heterocycles. The lowest BCUT2D eigenvalue weighted by atomic mass is 10.1. The largest absolute Gasteiger partial charge is 0.496 e. The van der Waals surface area contributed by atoms with Crippen molar-refractivity contribution in [1.82, 2.24) is 24.4 Å². The fourth-order valence-corrected chi connectivity index (χ4v) is 4.58. The number of ether oxygens (including phenoxy) is 1. The van der Waals surface area contributed by atoms with E-state index in [1.165, 1.54) is 33.0 Å². The van der Waals surface area contributed by atoms with Crippen LogP contribution in [0.3, 0.4) is 0 Å². The van der Waals surface area contributed by atoms with Crippen LogP contribution in [0, 0.1) is 13.8 Å². The third-order valence-corrected chi connectivity index (χ3v) is 5.96. The summed E-state index contributed by atoms with van der Waals surface area (Å²) in [7, 11) is 1.73. The number of benzene rings is 1. The van der Waals surface area contributed by atoms with E-state index in [1.807, 2.05) is 13.0 Å². The van der Waals surface area contributed by atoms with E-state index in [9.17, 15) is 4.79 Å². The van der Waals surface area contributed by atoms with Crippen LogP contribution in [0.15, 0.2) is 29.1 Å². The molecule has 0 N–H and O–H groups in total. The van der Waals surface area contributed by atoms with Crippen LogP contribution in [0.5, 0.6) is 5.75 Å². The summed E-state index contributed by atoms with van der Waals surface area (Å²) in [5.41, 5.74) is 3.12. The van der Waals surface area contributed by atoms with E-state index in [-0.39, 0.29) is 5.56 Å². The van der Waals surface area contributed by atoms with Crippen molar-refractivity contribution in [3.05, 3.63) is 56.4 Å². The highest BCUT2D eigenvalue weighted by molar-refractivity contribution is 7.16. The van der Waals surface area contributed by atoms with Gasteiger partial charge in [-0.05, 0) is 19.9 Å². The molecule has 3 aromatic rings. The van der Waals surface area contributed by atoms with E-state index in [0.717, 1.165) is 55.7 Å². The summed E-state index contributed by atoms with van der Waals surface area (Å²) in [6, 6.07) is 7.86. The second-order valence-electron chi connectivity index (χ2n) is 7.29. The molecule has 0 unspecified atom stereocenters. The van der Waals surface area contributed by atoms with Gasteiger partial charge in [0.1, 0.15) is 10.8 Å². The van der Waals surface area contributed by atoms with Gasteiger partial charge in [-0.15, -0.1) is 0 Å². The van der Waals surface area contributed by atoms with Crippen LogP contribution < -0.4 is 10.3 Å². The van der Waals surface area contributed by atoms with Crippen LogP contribution in [0.25, 0.3) is 4.96 Å². The van der Waals surface area contributed by atoms with Gasteiger partial charge in [0.05, 0.1) is 13.7 Å². The summed E-state index contributed by atoms with van der Waals surface area (Å²) < 4.78 is 6.92. The number of rotatable bonds is 5. The lowest BCUT2D eigenvalue weighted by molar-refractivity contribution is 0.121. The highest BCUT2D eigenvalue weighted by Gasteiger charge is 2.20. The van der Waals surface area contributed by atoms with Crippen molar-refractivity contribution in [3.63, 3.8) is 0 Å². The molecule has 1 aromatic carbocycles. The summed E-state index contributed by atoms with van der Waals surface area (Å²) in [6.45, 7) is 9.56. The van der Waals surface area contributed by atoms with Crippen LogP contribution in [0.4, 0.5) is 0 Å². The van der Waals surface area contributed by atoms with E-state index in [4.69, 9.17) is 4.74 Å². The highest BCUT2D eigenvalue weighted by Crippen LogP contribution is 2.22. The zero-order chi connectivity index (χ0) is 19.7. The van der Waals surface area contributed by atoms with Crippen LogP contribution in [0.1, 0.15) is 21.8 Å².